The normalized spacial score (nSPS) is 10.9. The van der Waals surface area contributed by atoms with Crippen LogP contribution in [0.2, 0.25) is 0 Å². The van der Waals surface area contributed by atoms with Gasteiger partial charge in [0.25, 0.3) is 0 Å². The zero-order valence-corrected chi connectivity index (χ0v) is 9.32. The average molecular weight is 221 g/mol. The summed E-state index contributed by atoms with van der Waals surface area (Å²) in [5.41, 5.74) is 1.10. The molecule has 0 saturated heterocycles. The van der Waals surface area contributed by atoms with Crippen LogP contribution in [0.3, 0.4) is 0 Å². The Morgan fingerprint density at radius 1 is 1.69 bits per heavy atom. The van der Waals surface area contributed by atoms with Crippen molar-refractivity contribution in [2.45, 2.75) is 20.3 Å². The number of rotatable bonds is 3. The number of nitrogens with zero attached hydrogens (tertiary/aromatic N) is 1. The van der Waals surface area contributed by atoms with Crippen LogP contribution >= 0.6 is 0 Å². The molecule has 0 unspecified atom stereocenters. The van der Waals surface area contributed by atoms with Crippen molar-refractivity contribution in [3.05, 3.63) is 34.5 Å². The minimum atomic E-state index is -1.14. The van der Waals surface area contributed by atoms with Crippen molar-refractivity contribution in [3.63, 3.8) is 0 Å². The molecular weight excluding hydrogens is 206 g/mol. The van der Waals surface area contributed by atoms with Gasteiger partial charge in [-0.2, -0.15) is 0 Å². The molecule has 1 aromatic heterocycles. The maximum Gasteiger partial charge on any atom is 0.339 e. The van der Waals surface area contributed by atoms with Gasteiger partial charge >= 0.3 is 5.97 Å². The summed E-state index contributed by atoms with van der Waals surface area (Å²) >= 11 is 0. The van der Waals surface area contributed by atoms with Gasteiger partial charge in [-0.25, -0.2) is 9.47 Å². The fourth-order valence-electron chi connectivity index (χ4n) is 1.40. The van der Waals surface area contributed by atoms with Crippen molar-refractivity contribution in [3.8, 4) is 0 Å². The standard InChI is InChI=1S/C11H15N3O2/c1-3-4-5-9-7(2)6-8(11(15)16)10(12)14(9)13/h4-6,12H,3,13H2,1-2H3,(H,15,16)/b5-4-,12-10?. The lowest BCUT2D eigenvalue weighted by molar-refractivity contribution is 0.0693. The molecule has 0 amide bonds. The van der Waals surface area contributed by atoms with Gasteiger partial charge in [0.2, 0.25) is 0 Å². The van der Waals surface area contributed by atoms with E-state index in [2.05, 4.69) is 0 Å². The third kappa shape index (κ3) is 2.13. The first-order valence-electron chi connectivity index (χ1n) is 4.95. The minimum Gasteiger partial charge on any atom is -0.478 e. The predicted molar refractivity (Wildman–Crippen MR) is 61.5 cm³/mol. The monoisotopic (exact) mass is 221 g/mol. The van der Waals surface area contributed by atoms with Gasteiger partial charge in [0.1, 0.15) is 5.56 Å². The van der Waals surface area contributed by atoms with Gasteiger partial charge in [-0.15, -0.1) is 0 Å². The van der Waals surface area contributed by atoms with Crippen molar-refractivity contribution < 1.29 is 9.90 Å². The molecule has 0 bridgehead atoms. The van der Waals surface area contributed by atoms with E-state index >= 15 is 0 Å². The van der Waals surface area contributed by atoms with Crippen molar-refractivity contribution in [1.82, 2.24) is 4.68 Å². The van der Waals surface area contributed by atoms with Crippen LogP contribution in [0, 0.1) is 12.3 Å². The van der Waals surface area contributed by atoms with Crippen LogP contribution in [0.5, 0.6) is 0 Å². The van der Waals surface area contributed by atoms with Crippen LogP contribution in [0.1, 0.15) is 35.0 Å². The second-order valence-corrected chi connectivity index (χ2v) is 3.46. The molecular formula is C11H15N3O2. The Balaban J connectivity index is 3.46. The summed E-state index contributed by atoms with van der Waals surface area (Å²) in [5, 5.41) is 16.5. The van der Waals surface area contributed by atoms with Gasteiger partial charge < -0.3 is 10.9 Å². The van der Waals surface area contributed by atoms with Crippen LogP contribution in [0.25, 0.3) is 6.08 Å². The van der Waals surface area contributed by atoms with Crippen molar-refractivity contribution in [1.29, 1.82) is 5.41 Å². The number of hydrogen-bond donors (Lipinski definition) is 3. The zero-order chi connectivity index (χ0) is 12.3. The van der Waals surface area contributed by atoms with E-state index in [9.17, 15) is 4.79 Å². The van der Waals surface area contributed by atoms with E-state index in [1.807, 2.05) is 13.0 Å². The third-order valence-corrected chi connectivity index (χ3v) is 2.26. The zero-order valence-electron chi connectivity index (χ0n) is 9.32. The highest BCUT2D eigenvalue weighted by molar-refractivity contribution is 5.87. The Labute approximate surface area is 93.3 Å². The SMILES string of the molecule is CC/C=C\c1c(C)cc(C(=O)O)c(=N)n1N. The minimum absolute atomic E-state index is 0.0892. The van der Waals surface area contributed by atoms with Gasteiger partial charge in [0.05, 0.1) is 5.69 Å². The summed E-state index contributed by atoms with van der Waals surface area (Å²) in [6.45, 7) is 3.75. The van der Waals surface area contributed by atoms with Gasteiger partial charge in [-0.1, -0.05) is 13.0 Å². The fourth-order valence-corrected chi connectivity index (χ4v) is 1.40. The van der Waals surface area contributed by atoms with E-state index in [0.717, 1.165) is 16.7 Å². The molecule has 0 aromatic carbocycles. The summed E-state index contributed by atoms with van der Waals surface area (Å²) in [6, 6.07) is 1.46. The number of aromatic carboxylic acids is 1. The molecule has 0 atom stereocenters. The van der Waals surface area contributed by atoms with E-state index in [-0.39, 0.29) is 11.1 Å². The maximum absolute atomic E-state index is 10.8. The summed E-state index contributed by atoms with van der Waals surface area (Å²) in [4.78, 5) is 10.8. The topological polar surface area (TPSA) is 92.1 Å². The number of nitrogens with two attached hydrogens (primary N) is 1. The van der Waals surface area contributed by atoms with E-state index in [0.29, 0.717) is 5.69 Å². The molecule has 0 fully saturated rings. The van der Waals surface area contributed by atoms with Crippen LogP contribution in [-0.2, 0) is 0 Å². The molecule has 4 N–H and O–H groups in total. The Kier molecular flexibility index (Phi) is 3.50. The first kappa shape index (κ1) is 12.0. The summed E-state index contributed by atoms with van der Waals surface area (Å²) in [6.07, 6.45) is 4.55. The number of aromatic nitrogens is 1. The quantitative estimate of drug-likeness (QED) is 0.667. The molecule has 16 heavy (non-hydrogen) atoms. The Hall–Kier alpha value is -2.04. The summed E-state index contributed by atoms with van der Waals surface area (Å²) < 4.78 is 1.09. The second kappa shape index (κ2) is 4.65. The molecule has 0 spiro atoms. The lowest BCUT2D eigenvalue weighted by Crippen LogP contribution is -2.34. The van der Waals surface area contributed by atoms with Crippen LogP contribution in [-0.4, -0.2) is 15.8 Å². The van der Waals surface area contributed by atoms with Crippen molar-refractivity contribution in [2.24, 2.45) is 0 Å². The fraction of sp³-hybridized carbons (Fsp3) is 0.273. The number of carbonyl (C=O) groups is 1. The van der Waals surface area contributed by atoms with Crippen LogP contribution in [0.15, 0.2) is 12.1 Å². The molecule has 0 radical (unpaired) electrons. The predicted octanol–water partition coefficient (Wildman–Crippen LogP) is 1.11. The van der Waals surface area contributed by atoms with Crippen molar-refractivity contribution in [2.75, 3.05) is 5.84 Å². The highest BCUT2D eigenvalue weighted by atomic mass is 16.4. The number of allylic oxidation sites excluding steroid dienone is 1. The molecule has 1 aromatic rings. The van der Waals surface area contributed by atoms with E-state index in [4.69, 9.17) is 16.4 Å². The first-order chi connectivity index (χ1) is 7.49. The highest BCUT2D eigenvalue weighted by Crippen LogP contribution is 2.08. The average Bonchev–Trinajstić information content (AvgIpc) is 2.23. The van der Waals surface area contributed by atoms with Crippen LogP contribution < -0.4 is 11.3 Å². The number of carboxylic acid groups (broad SMARTS) is 1. The van der Waals surface area contributed by atoms with Crippen LogP contribution in [0.4, 0.5) is 0 Å². The number of carboxylic acids is 1. The number of aryl methyl sites for hydroxylation is 1. The molecule has 5 heteroatoms. The largest absolute Gasteiger partial charge is 0.478 e. The van der Waals surface area contributed by atoms with Gasteiger partial charge in [-0.3, -0.25) is 5.41 Å². The molecule has 5 nitrogen and oxygen atoms in total. The van der Waals surface area contributed by atoms with E-state index < -0.39 is 5.97 Å². The number of hydrogen-bond acceptors (Lipinski definition) is 3. The number of nitrogen functional groups attached to an aromatic ring is 1. The summed E-state index contributed by atoms with van der Waals surface area (Å²) in [7, 11) is 0. The van der Waals surface area contributed by atoms with Gasteiger partial charge in [-0.05, 0) is 31.1 Å². The molecule has 0 saturated carbocycles. The number of nitrogens with one attached hydrogen (secondary N) is 1. The Morgan fingerprint density at radius 2 is 2.31 bits per heavy atom. The maximum atomic E-state index is 10.8. The Morgan fingerprint density at radius 3 is 2.81 bits per heavy atom. The highest BCUT2D eigenvalue weighted by Gasteiger charge is 2.11. The Bertz CT molecular complexity index is 501. The lowest BCUT2D eigenvalue weighted by atomic mass is 10.1. The summed E-state index contributed by atoms with van der Waals surface area (Å²) in [5.74, 6) is 4.54. The van der Waals surface area contributed by atoms with E-state index in [1.54, 1.807) is 13.0 Å². The second-order valence-electron chi connectivity index (χ2n) is 3.46. The van der Waals surface area contributed by atoms with Crippen molar-refractivity contribution >= 4 is 12.0 Å². The first-order valence-corrected chi connectivity index (χ1v) is 4.95. The smallest absolute Gasteiger partial charge is 0.339 e. The molecule has 0 aliphatic carbocycles. The lowest BCUT2D eigenvalue weighted by Gasteiger charge is -2.10. The molecule has 0 aliphatic rings. The number of pyridine rings is 1. The third-order valence-electron chi connectivity index (χ3n) is 2.26. The molecule has 1 rings (SSSR count). The molecule has 1 heterocycles. The van der Waals surface area contributed by atoms with Gasteiger partial charge in [0, 0.05) is 0 Å². The van der Waals surface area contributed by atoms with E-state index in [1.165, 1.54) is 6.07 Å². The molecule has 86 valence electrons. The molecule has 0 aliphatic heterocycles. The van der Waals surface area contributed by atoms with Gasteiger partial charge in [0.15, 0.2) is 5.49 Å².